The third-order valence-corrected chi connectivity index (χ3v) is 5.81. The van der Waals surface area contributed by atoms with Crippen molar-refractivity contribution in [2.45, 2.75) is 105 Å². The van der Waals surface area contributed by atoms with Crippen LogP contribution in [0.5, 0.6) is 0 Å². The van der Waals surface area contributed by atoms with Crippen LogP contribution in [0.2, 0.25) is 0 Å². The molecule has 12 heteroatoms. The average Bonchev–Trinajstić information content (AvgIpc) is 2.73. The zero-order valence-corrected chi connectivity index (χ0v) is 28.8. The topological polar surface area (TPSA) is 118 Å². The summed E-state index contributed by atoms with van der Waals surface area (Å²) in [5, 5.41) is 0. The molecular formula is C31H58N4O8. The van der Waals surface area contributed by atoms with Crippen molar-refractivity contribution in [1.82, 2.24) is 19.6 Å². The van der Waals surface area contributed by atoms with E-state index in [0.717, 1.165) is 0 Å². The van der Waals surface area contributed by atoms with Crippen LogP contribution in [0.1, 0.15) is 83.1 Å². The molecule has 12 nitrogen and oxygen atoms in total. The lowest BCUT2D eigenvalue weighted by atomic mass is 10.2. The molecule has 1 heterocycles. The lowest BCUT2D eigenvalue weighted by Crippen LogP contribution is -2.50. The summed E-state index contributed by atoms with van der Waals surface area (Å²) in [7, 11) is 0. The first-order chi connectivity index (χ1) is 19.4. The van der Waals surface area contributed by atoms with Crippen molar-refractivity contribution in [3.8, 4) is 0 Å². The number of carbonyl (C=O) groups excluding carboxylic acids is 4. The molecule has 1 amide bonds. The molecule has 1 fully saturated rings. The van der Waals surface area contributed by atoms with E-state index in [2.05, 4.69) is 0 Å². The van der Waals surface area contributed by atoms with Crippen LogP contribution in [0.3, 0.4) is 0 Å². The summed E-state index contributed by atoms with van der Waals surface area (Å²) in [5.41, 5.74) is -2.57. The average molecular weight is 615 g/mol. The van der Waals surface area contributed by atoms with Crippen LogP contribution in [0.25, 0.3) is 0 Å². The third-order valence-electron chi connectivity index (χ3n) is 5.81. The Kier molecular flexibility index (Phi) is 14.4. The third kappa shape index (κ3) is 19.5. The number of nitrogens with zero attached hydrogens (tertiary/aromatic N) is 4. The van der Waals surface area contributed by atoms with Gasteiger partial charge in [-0.1, -0.05) is 0 Å². The van der Waals surface area contributed by atoms with Crippen LogP contribution in [0.15, 0.2) is 0 Å². The number of carbonyl (C=O) groups is 4. The number of hydrogen-bond acceptors (Lipinski definition) is 11. The van der Waals surface area contributed by atoms with E-state index in [1.807, 2.05) is 97.8 Å². The highest BCUT2D eigenvalue weighted by Gasteiger charge is 2.28. The van der Waals surface area contributed by atoms with Gasteiger partial charge >= 0.3 is 24.0 Å². The zero-order chi connectivity index (χ0) is 33.2. The molecule has 0 aromatic rings. The maximum Gasteiger partial charge on any atom is 0.410 e. The van der Waals surface area contributed by atoms with E-state index in [0.29, 0.717) is 52.4 Å². The molecule has 0 saturated carbocycles. The molecule has 0 atom stereocenters. The summed E-state index contributed by atoms with van der Waals surface area (Å²) in [6.45, 7) is 25.1. The van der Waals surface area contributed by atoms with E-state index in [1.165, 1.54) is 0 Å². The van der Waals surface area contributed by atoms with Crippen LogP contribution in [-0.4, -0.2) is 138 Å². The summed E-state index contributed by atoms with van der Waals surface area (Å²) in [6.07, 6.45) is -0.467. The normalized spacial score (nSPS) is 17.8. The largest absolute Gasteiger partial charge is 0.459 e. The number of esters is 3. The number of hydrogen-bond donors (Lipinski definition) is 0. The molecule has 1 rings (SSSR count). The van der Waals surface area contributed by atoms with Gasteiger partial charge in [0, 0.05) is 52.4 Å². The number of amides is 1. The first kappa shape index (κ1) is 38.6. The van der Waals surface area contributed by atoms with Gasteiger partial charge in [0.05, 0.1) is 19.6 Å². The second kappa shape index (κ2) is 16.0. The van der Waals surface area contributed by atoms with Gasteiger partial charge in [0.15, 0.2) is 0 Å². The van der Waals surface area contributed by atoms with Crippen molar-refractivity contribution in [1.29, 1.82) is 0 Å². The molecule has 250 valence electrons. The molecule has 1 saturated heterocycles. The molecule has 1 aliphatic rings. The minimum absolute atomic E-state index is 0.0322. The van der Waals surface area contributed by atoms with E-state index >= 15 is 0 Å². The minimum Gasteiger partial charge on any atom is -0.459 e. The molecule has 43 heavy (non-hydrogen) atoms. The van der Waals surface area contributed by atoms with Gasteiger partial charge in [-0.15, -0.1) is 0 Å². The molecule has 0 aromatic heterocycles. The Balaban J connectivity index is 3.26. The summed E-state index contributed by atoms with van der Waals surface area (Å²) >= 11 is 0. The van der Waals surface area contributed by atoms with Crippen molar-refractivity contribution in [3.05, 3.63) is 0 Å². The Morgan fingerprint density at radius 2 is 0.651 bits per heavy atom. The second-order valence-corrected chi connectivity index (χ2v) is 15.1. The van der Waals surface area contributed by atoms with Gasteiger partial charge in [-0.05, 0) is 83.1 Å². The first-order valence-corrected chi connectivity index (χ1v) is 15.2. The van der Waals surface area contributed by atoms with Gasteiger partial charge in [-0.25, -0.2) is 4.79 Å². The summed E-state index contributed by atoms with van der Waals surface area (Å²) in [6, 6.07) is 0. The molecule has 0 aliphatic carbocycles. The Morgan fingerprint density at radius 1 is 0.419 bits per heavy atom. The summed E-state index contributed by atoms with van der Waals surface area (Å²) in [5.74, 6) is -1.09. The lowest BCUT2D eigenvalue weighted by Gasteiger charge is -2.35. The number of ether oxygens (including phenoxy) is 4. The zero-order valence-electron chi connectivity index (χ0n) is 28.8. The molecule has 0 radical (unpaired) electrons. The maximum atomic E-state index is 13.2. The standard InChI is InChI=1S/C31H58N4O8/c1-28(2,3)40-24(36)21-32-13-15-33(22-25(37)41-29(4,5)6)17-19-35(27(39)43-31(10,11)12)20-18-34(16-14-32)23-26(38)42-30(7,8)9/h13-23H2,1-12H3. The van der Waals surface area contributed by atoms with Crippen molar-refractivity contribution < 1.29 is 38.1 Å². The number of rotatable bonds is 6. The van der Waals surface area contributed by atoms with Gasteiger partial charge in [0.25, 0.3) is 0 Å². The SMILES string of the molecule is CC(C)(C)OC(=O)CN1CCN(CC(=O)OC(C)(C)C)CCN(C(=O)OC(C)(C)C)CCN(CC(=O)OC(C)(C)C)CC1. The predicted molar refractivity (Wildman–Crippen MR) is 165 cm³/mol. The molecule has 0 unspecified atom stereocenters. The second-order valence-electron chi connectivity index (χ2n) is 15.1. The van der Waals surface area contributed by atoms with Gasteiger partial charge in [-0.2, -0.15) is 0 Å². The van der Waals surface area contributed by atoms with Gasteiger partial charge in [0.1, 0.15) is 22.4 Å². The van der Waals surface area contributed by atoms with E-state index < -0.39 is 28.5 Å². The summed E-state index contributed by atoms with van der Waals surface area (Å²) in [4.78, 5) is 58.9. The fraction of sp³-hybridized carbons (Fsp3) is 0.871. The fourth-order valence-corrected chi connectivity index (χ4v) is 4.19. The predicted octanol–water partition coefficient (Wildman–Crippen LogP) is 3.17. The quantitative estimate of drug-likeness (QED) is 0.324. The van der Waals surface area contributed by atoms with Crippen LogP contribution >= 0.6 is 0 Å². The maximum absolute atomic E-state index is 13.2. The highest BCUT2D eigenvalue weighted by molar-refractivity contribution is 5.73. The van der Waals surface area contributed by atoms with E-state index in [9.17, 15) is 19.2 Å². The van der Waals surface area contributed by atoms with Gasteiger partial charge < -0.3 is 23.8 Å². The Hall–Kier alpha value is -2.44. The van der Waals surface area contributed by atoms with Crippen molar-refractivity contribution in [2.24, 2.45) is 0 Å². The highest BCUT2D eigenvalue weighted by Crippen LogP contribution is 2.13. The molecule has 0 spiro atoms. The first-order valence-electron chi connectivity index (χ1n) is 15.2. The van der Waals surface area contributed by atoms with Crippen LogP contribution in [0.4, 0.5) is 4.79 Å². The van der Waals surface area contributed by atoms with Crippen LogP contribution < -0.4 is 0 Å². The van der Waals surface area contributed by atoms with Crippen LogP contribution in [0, 0.1) is 0 Å². The van der Waals surface area contributed by atoms with Crippen molar-refractivity contribution >= 4 is 24.0 Å². The lowest BCUT2D eigenvalue weighted by molar-refractivity contribution is -0.158. The Morgan fingerprint density at radius 3 is 0.884 bits per heavy atom. The molecular weight excluding hydrogens is 556 g/mol. The summed E-state index contributed by atoms with van der Waals surface area (Å²) < 4.78 is 22.4. The van der Waals surface area contributed by atoms with E-state index in [4.69, 9.17) is 18.9 Å². The highest BCUT2D eigenvalue weighted by atomic mass is 16.6. The molecule has 0 N–H and O–H groups in total. The Bertz CT molecular complexity index is 882. The van der Waals surface area contributed by atoms with Crippen molar-refractivity contribution in [2.75, 3.05) is 72.0 Å². The smallest absolute Gasteiger partial charge is 0.410 e. The molecule has 0 bridgehead atoms. The van der Waals surface area contributed by atoms with E-state index in [1.54, 1.807) is 4.90 Å². The van der Waals surface area contributed by atoms with Gasteiger partial charge in [-0.3, -0.25) is 29.1 Å². The fourth-order valence-electron chi connectivity index (χ4n) is 4.19. The monoisotopic (exact) mass is 614 g/mol. The Labute approximate surface area is 259 Å². The van der Waals surface area contributed by atoms with Crippen molar-refractivity contribution in [3.63, 3.8) is 0 Å². The minimum atomic E-state index is -0.685. The van der Waals surface area contributed by atoms with Gasteiger partial charge in [0.2, 0.25) is 0 Å². The molecule has 1 aliphatic heterocycles. The van der Waals surface area contributed by atoms with Crippen LogP contribution in [-0.2, 0) is 33.3 Å². The van der Waals surface area contributed by atoms with E-state index in [-0.39, 0.29) is 37.5 Å². The molecule has 0 aromatic carbocycles.